The molecule has 0 fully saturated rings. The summed E-state index contributed by atoms with van der Waals surface area (Å²) in [5, 5.41) is 9.45. The summed E-state index contributed by atoms with van der Waals surface area (Å²) in [6.45, 7) is 0. The van der Waals surface area contributed by atoms with Crippen LogP contribution in [0.5, 0.6) is 5.75 Å². The lowest BCUT2D eigenvalue weighted by molar-refractivity contribution is 0.427. The van der Waals surface area contributed by atoms with Crippen LogP contribution >= 0.6 is 0 Å². The van der Waals surface area contributed by atoms with Gasteiger partial charge in [-0.15, -0.1) is 0 Å². The van der Waals surface area contributed by atoms with Crippen molar-refractivity contribution in [2.45, 2.75) is 19.3 Å². The molecule has 80 valence electrons. The maximum absolute atomic E-state index is 13.4. The van der Waals surface area contributed by atoms with Crippen LogP contribution in [0.3, 0.4) is 0 Å². The molecule has 0 spiro atoms. The highest BCUT2D eigenvalue weighted by atomic mass is 19.2. The van der Waals surface area contributed by atoms with E-state index in [2.05, 4.69) is 0 Å². The van der Waals surface area contributed by atoms with Crippen molar-refractivity contribution in [2.75, 3.05) is 0 Å². The first-order valence-corrected chi connectivity index (χ1v) is 4.99. The molecule has 3 heteroatoms. The summed E-state index contributed by atoms with van der Waals surface area (Å²) in [6, 6.07) is 2.15. The fraction of sp³-hybridized carbons (Fsp3) is 0.333. The Morgan fingerprint density at radius 3 is 2.53 bits per heavy atom. The van der Waals surface area contributed by atoms with Crippen LogP contribution in [0.1, 0.15) is 18.4 Å². The van der Waals surface area contributed by atoms with E-state index in [0.717, 1.165) is 18.9 Å². The normalized spacial score (nSPS) is 16.1. The van der Waals surface area contributed by atoms with Crippen LogP contribution in [0, 0.1) is 17.6 Å². The fourth-order valence-corrected chi connectivity index (χ4v) is 1.91. The Kier molecular flexibility index (Phi) is 2.71. The summed E-state index contributed by atoms with van der Waals surface area (Å²) < 4.78 is 26.3. The van der Waals surface area contributed by atoms with E-state index < -0.39 is 11.6 Å². The smallest absolute Gasteiger partial charge is 0.165 e. The summed E-state index contributed by atoms with van der Waals surface area (Å²) in [6.07, 6.45) is 6.19. The first-order chi connectivity index (χ1) is 7.18. The molecular weight excluding hydrogens is 198 g/mol. The Hall–Kier alpha value is -1.38. The summed E-state index contributed by atoms with van der Waals surface area (Å²) in [4.78, 5) is 0. The van der Waals surface area contributed by atoms with E-state index in [1.54, 1.807) is 0 Å². The highest BCUT2D eigenvalue weighted by molar-refractivity contribution is 5.34. The zero-order valence-electron chi connectivity index (χ0n) is 8.21. The molecule has 2 rings (SSSR count). The molecule has 0 atom stereocenters. The van der Waals surface area contributed by atoms with Gasteiger partial charge in [-0.2, -0.15) is 0 Å². The zero-order valence-corrected chi connectivity index (χ0v) is 8.21. The zero-order chi connectivity index (χ0) is 10.8. The van der Waals surface area contributed by atoms with Crippen molar-refractivity contribution in [1.29, 1.82) is 0 Å². The lowest BCUT2D eigenvalue weighted by atomic mass is 9.96. The van der Waals surface area contributed by atoms with E-state index in [9.17, 15) is 13.9 Å². The summed E-state index contributed by atoms with van der Waals surface area (Å²) >= 11 is 0. The largest absolute Gasteiger partial charge is 0.508 e. The average Bonchev–Trinajstić information content (AvgIpc) is 2.71. The topological polar surface area (TPSA) is 20.2 Å². The van der Waals surface area contributed by atoms with Gasteiger partial charge in [0, 0.05) is 5.56 Å². The second-order valence-electron chi connectivity index (χ2n) is 3.87. The van der Waals surface area contributed by atoms with Gasteiger partial charge in [-0.3, -0.25) is 0 Å². The summed E-state index contributed by atoms with van der Waals surface area (Å²) in [5.41, 5.74) is 0.101. The first-order valence-electron chi connectivity index (χ1n) is 4.99. The van der Waals surface area contributed by atoms with Crippen molar-refractivity contribution in [2.24, 2.45) is 5.92 Å². The van der Waals surface area contributed by atoms with Gasteiger partial charge in [-0.05, 0) is 37.3 Å². The molecular formula is C12H12F2O. The van der Waals surface area contributed by atoms with Crippen LogP contribution in [0.4, 0.5) is 8.78 Å². The predicted molar refractivity (Wildman–Crippen MR) is 53.6 cm³/mol. The molecule has 0 amide bonds. The van der Waals surface area contributed by atoms with Crippen molar-refractivity contribution in [1.82, 2.24) is 0 Å². The molecule has 1 aromatic carbocycles. The maximum Gasteiger partial charge on any atom is 0.165 e. The molecule has 0 heterocycles. The molecule has 15 heavy (non-hydrogen) atoms. The third-order valence-corrected chi connectivity index (χ3v) is 2.77. The van der Waals surface area contributed by atoms with Crippen LogP contribution in [0.2, 0.25) is 0 Å². The van der Waals surface area contributed by atoms with Crippen LogP contribution in [0.25, 0.3) is 0 Å². The molecule has 0 radical (unpaired) electrons. The number of hydrogen-bond acceptors (Lipinski definition) is 1. The minimum absolute atomic E-state index is 0.101. The van der Waals surface area contributed by atoms with Gasteiger partial charge < -0.3 is 5.11 Å². The Morgan fingerprint density at radius 1 is 1.20 bits per heavy atom. The molecule has 1 aliphatic carbocycles. The Bertz CT molecular complexity index is 391. The van der Waals surface area contributed by atoms with Gasteiger partial charge in [-0.25, -0.2) is 8.78 Å². The van der Waals surface area contributed by atoms with E-state index in [1.165, 1.54) is 6.07 Å². The lowest BCUT2D eigenvalue weighted by Crippen LogP contribution is -2.03. The van der Waals surface area contributed by atoms with Crippen LogP contribution in [0.15, 0.2) is 24.3 Å². The minimum atomic E-state index is -0.915. The second-order valence-corrected chi connectivity index (χ2v) is 3.87. The van der Waals surface area contributed by atoms with Crippen LogP contribution in [-0.2, 0) is 6.42 Å². The SMILES string of the molecule is Oc1ccc(F)c(F)c1CC1CC=CC1. The van der Waals surface area contributed by atoms with Gasteiger partial charge in [0.2, 0.25) is 0 Å². The summed E-state index contributed by atoms with van der Waals surface area (Å²) in [5.74, 6) is -1.68. The molecule has 0 saturated heterocycles. The van der Waals surface area contributed by atoms with Gasteiger partial charge in [0.25, 0.3) is 0 Å². The third kappa shape index (κ3) is 2.01. The number of halogens is 2. The monoisotopic (exact) mass is 210 g/mol. The van der Waals surface area contributed by atoms with Crippen molar-refractivity contribution >= 4 is 0 Å². The van der Waals surface area contributed by atoms with Crippen LogP contribution in [-0.4, -0.2) is 5.11 Å². The van der Waals surface area contributed by atoms with Crippen LogP contribution < -0.4 is 0 Å². The van der Waals surface area contributed by atoms with Crippen molar-refractivity contribution in [3.05, 3.63) is 41.5 Å². The second kappa shape index (κ2) is 4.01. The molecule has 1 nitrogen and oxygen atoms in total. The molecule has 0 aliphatic heterocycles. The van der Waals surface area contributed by atoms with E-state index in [4.69, 9.17) is 0 Å². The first kappa shape index (κ1) is 10.1. The standard InChI is InChI=1S/C12H12F2O/c13-10-5-6-11(15)9(12(10)14)7-8-3-1-2-4-8/h1-2,5-6,8,15H,3-4,7H2. The van der Waals surface area contributed by atoms with Gasteiger partial charge in [0.1, 0.15) is 5.75 Å². The number of hydrogen-bond donors (Lipinski definition) is 1. The molecule has 0 unspecified atom stereocenters. The number of benzene rings is 1. The minimum Gasteiger partial charge on any atom is -0.508 e. The number of allylic oxidation sites excluding steroid dienone is 2. The summed E-state index contributed by atoms with van der Waals surface area (Å²) in [7, 11) is 0. The Balaban J connectivity index is 2.23. The van der Waals surface area contributed by atoms with E-state index in [-0.39, 0.29) is 17.2 Å². The predicted octanol–water partition coefficient (Wildman–Crippen LogP) is 3.18. The van der Waals surface area contributed by atoms with E-state index >= 15 is 0 Å². The van der Waals surface area contributed by atoms with Gasteiger partial charge >= 0.3 is 0 Å². The molecule has 0 saturated carbocycles. The van der Waals surface area contributed by atoms with Gasteiger partial charge in [0.05, 0.1) is 0 Å². The Morgan fingerprint density at radius 2 is 1.87 bits per heavy atom. The van der Waals surface area contributed by atoms with Crippen molar-refractivity contribution in [3.8, 4) is 5.75 Å². The lowest BCUT2D eigenvalue weighted by Gasteiger charge is -2.11. The molecule has 1 N–H and O–H groups in total. The Labute approximate surface area is 87.1 Å². The average molecular weight is 210 g/mol. The van der Waals surface area contributed by atoms with E-state index in [0.29, 0.717) is 6.42 Å². The number of phenolic OH excluding ortho intramolecular Hbond substituents is 1. The van der Waals surface area contributed by atoms with Gasteiger partial charge in [0.15, 0.2) is 11.6 Å². The number of phenols is 1. The molecule has 1 aliphatic rings. The molecule has 0 bridgehead atoms. The third-order valence-electron chi connectivity index (χ3n) is 2.77. The molecule has 1 aromatic rings. The van der Waals surface area contributed by atoms with Gasteiger partial charge in [-0.1, -0.05) is 12.2 Å². The highest BCUT2D eigenvalue weighted by Crippen LogP contribution is 2.29. The molecule has 0 aromatic heterocycles. The van der Waals surface area contributed by atoms with Crippen molar-refractivity contribution < 1.29 is 13.9 Å². The van der Waals surface area contributed by atoms with Crippen molar-refractivity contribution in [3.63, 3.8) is 0 Å². The maximum atomic E-state index is 13.4. The quantitative estimate of drug-likeness (QED) is 0.743. The number of aromatic hydroxyl groups is 1. The number of rotatable bonds is 2. The fourth-order valence-electron chi connectivity index (χ4n) is 1.91. The highest BCUT2D eigenvalue weighted by Gasteiger charge is 2.18. The van der Waals surface area contributed by atoms with E-state index in [1.807, 2.05) is 12.2 Å².